The summed E-state index contributed by atoms with van der Waals surface area (Å²) in [5, 5.41) is 8.95. The SMILES string of the molecule is Cc1nc(NC(=O)c2ccc(CS(C)(=O)=O)cc2)n[nH]1. The first-order valence-corrected chi connectivity index (χ1v) is 7.86. The van der Waals surface area contributed by atoms with E-state index in [1.807, 2.05) is 0 Å². The molecule has 8 heteroatoms. The van der Waals surface area contributed by atoms with E-state index < -0.39 is 9.84 Å². The Morgan fingerprint density at radius 1 is 1.30 bits per heavy atom. The second-order valence-corrected chi connectivity index (χ2v) is 6.61. The van der Waals surface area contributed by atoms with E-state index >= 15 is 0 Å². The number of nitrogens with zero attached hydrogens (tertiary/aromatic N) is 2. The fraction of sp³-hybridized carbons (Fsp3) is 0.250. The van der Waals surface area contributed by atoms with E-state index in [-0.39, 0.29) is 17.6 Å². The Kier molecular flexibility index (Phi) is 3.84. The number of carbonyl (C=O) groups excluding carboxylic acids is 1. The van der Waals surface area contributed by atoms with Gasteiger partial charge in [0, 0.05) is 11.8 Å². The fourth-order valence-electron chi connectivity index (χ4n) is 1.63. The number of hydrogen-bond acceptors (Lipinski definition) is 5. The molecule has 0 unspecified atom stereocenters. The third kappa shape index (κ3) is 3.89. The van der Waals surface area contributed by atoms with Crippen LogP contribution in [0.1, 0.15) is 21.7 Å². The van der Waals surface area contributed by atoms with Crippen molar-refractivity contribution >= 4 is 21.7 Å². The Morgan fingerprint density at radius 3 is 2.45 bits per heavy atom. The van der Waals surface area contributed by atoms with Crippen molar-refractivity contribution in [3.63, 3.8) is 0 Å². The standard InChI is InChI=1S/C12H14N4O3S/c1-8-13-12(16-15-8)14-11(17)10-5-3-9(4-6-10)7-20(2,18)19/h3-6H,7H2,1-2H3,(H2,13,14,15,16,17). The average Bonchev–Trinajstić information content (AvgIpc) is 2.73. The highest BCUT2D eigenvalue weighted by atomic mass is 32.2. The summed E-state index contributed by atoms with van der Waals surface area (Å²) in [7, 11) is -3.08. The summed E-state index contributed by atoms with van der Waals surface area (Å²) in [4.78, 5) is 15.9. The Bertz CT molecular complexity index is 719. The molecule has 0 aliphatic heterocycles. The predicted molar refractivity (Wildman–Crippen MR) is 74.1 cm³/mol. The molecular weight excluding hydrogens is 280 g/mol. The number of aryl methyl sites for hydroxylation is 1. The van der Waals surface area contributed by atoms with Gasteiger partial charge in [-0.1, -0.05) is 12.1 Å². The lowest BCUT2D eigenvalue weighted by Crippen LogP contribution is -2.13. The van der Waals surface area contributed by atoms with Gasteiger partial charge in [0.1, 0.15) is 5.82 Å². The molecule has 0 fully saturated rings. The number of rotatable bonds is 4. The van der Waals surface area contributed by atoms with Crippen molar-refractivity contribution in [1.82, 2.24) is 15.2 Å². The predicted octanol–water partition coefficient (Wildman–Crippen LogP) is 0.910. The first-order chi connectivity index (χ1) is 9.33. The lowest BCUT2D eigenvalue weighted by Gasteiger charge is -2.03. The molecule has 0 spiro atoms. The Hall–Kier alpha value is -2.22. The molecule has 106 valence electrons. The largest absolute Gasteiger partial charge is 0.289 e. The number of benzene rings is 1. The molecule has 0 aliphatic rings. The molecule has 1 heterocycles. The maximum atomic E-state index is 11.9. The van der Waals surface area contributed by atoms with E-state index in [9.17, 15) is 13.2 Å². The molecule has 2 rings (SSSR count). The van der Waals surface area contributed by atoms with Gasteiger partial charge in [-0.25, -0.2) is 8.42 Å². The lowest BCUT2D eigenvalue weighted by molar-refractivity contribution is 0.102. The monoisotopic (exact) mass is 294 g/mol. The van der Waals surface area contributed by atoms with Crippen molar-refractivity contribution in [2.75, 3.05) is 11.6 Å². The van der Waals surface area contributed by atoms with Gasteiger partial charge in [0.25, 0.3) is 5.91 Å². The van der Waals surface area contributed by atoms with Crippen molar-refractivity contribution in [1.29, 1.82) is 0 Å². The molecule has 0 bridgehead atoms. The van der Waals surface area contributed by atoms with Crippen LogP contribution in [0.5, 0.6) is 0 Å². The van der Waals surface area contributed by atoms with Crippen LogP contribution in [-0.2, 0) is 15.6 Å². The Labute approximate surface area is 116 Å². The molecule has 2 aromatic rings. The van der Waals surface area contributed by atoms with E-state index in [4.69, 9.17) is 0 Å². The number of amides is 1. The van der Waals surface area contributed by atoms with Crippen molar-refractivity contribution in [3.8, 4) is 0 Å². The molecule has 1 aromatic carbocycles. The molecular formula is C12H14N4O3S. The minimum Gasteiger partial charge on any atom is -0.289 e. The van der Waals surface area contributed by atoms with Crippen LogP contribution >= 0.6 is 0 Å². The molecule has 0 saturated heterocycles. The number of aromatic amines is 1. The van der Waals surface area contributed by atoms with Gasteiger partial charge in [0.2, 0.25) is 5.95 Å². The van der Waals surface area contributed by atoms with Crippen LogP contribution < -0.4 is 5.32 Å². The third-order valence-corrected chi connectivity index (χ3v) is 3.33. The Balaban J connectivity index is 2.07. The number of H-pyrrole nitrogens is 1. The minimum absolute atomic E-state index is 0.0466. The van der Waals surface area contributed by atoms with Crippen LogP contribution in [0.15, 0.2) is 24.3 Å². The van der Waals surface area contributed by atoms with Gasteiger partial charge in [-0.2, -0.15) is 4.98 Å². The zero-order valence-electron chi connectivity index (χ0n) is 11.0. The molecule has 0 saturated carbocycles. The molecule has 7 nitrogen and oxygen atoms in total. The van der Waals surface area contributed by atoms with E-state index in [1.54, 1.807) is 31.2 Å². The van der Waals surface area contributed by atoms with E-state index in [0.717, 1.165) is 0 Å². The van der Waals surface area contributed by atoms with Crippen LogP contribution in [0.2, 0.25) is 0 Å². The summed E-state index contributed by atoms with van der Waals surface area (Å²) in [5.41, 5.74) is 1.04. The van der Waals surface area contributed by atoms with Crippen molar-refractivity contribution < 1.29 is 13.2 Å². The van der Waals surface area contributed by atoms with E-state index in [0.29, 0.717) is 17.0 Å². The second kappa shape index (κ2) is 5.41. The second-order valence-electron chi connectivity index (χ2n) is 4.47. The summed E-state index contributed by atoms with van der Waals surface area (Å²) in [6, 6.07) is 6.35. The fourth-order valence-corrected chi connectivity index (χ4v) is 2.43. The van der Waals surface area contributed by atoms with Gasteiger partial charge in [-0.3, -0.25) is 15.2 Å². The van der Waals surface area contributed by atoms with Gasteiger partial charge in [-0.15, -0.1) is 5.10 Å². The van der Waals surface area contributed by atoms with E-state index in [1.165, 1.54) is 6.26 Å². The molecule has 20 heavy (non-hydrogen) atoms. The molecule has 2 N–H and O–H groups in total. The number of sulfone groups is 1. The summed E-state index contributed by atoms with van der Waals surface area (Å²) in [6.07, 6.45) is 1.17. The smallest absolute Gasteiger partial charge is 0.258 e. The summed E-state index contributed by atoms with van der Waals surface area (Å²) < 4.78 is 22.3. The number of nitrogens with one attached hydrogen (secondary N) is 2. The zero-order valence-corrected chi connectivity index (χ0v) is 11.9. The van der Waals surface area contributed by atoms with E-state index in [2.05, 4.69) is 20.5 Å². The highest BCUT2D eigenvalue weighted by molar-refractivity contribution is 7.89. The van der Waals surface area contributed by atoms with Gasteiger partial charge < -0.3 is 0 Å². The van der Waals surface area contributed by atoms with Crippen LogP contribution in [0.3, 0.4) is 0 Å². The summed E-state index contributed by atoms with van der Waals surface area (Å²) in [5.74, 6) is 0.404. The van der Waals surface area contributed by atoms with Crippen molar-refractivity contribution in [2.24, 2.45) is 0 Å². The molecule has 1 aromatic heterocycles. The molecule has 0 aliphatic carbocycles. The van der Waals surface area contributed by atoms with Gasteiger partial charge in [0.15, 0.2) is 9.84 Å². The number of carbonyl (C=O) groups is 1. The average molecular weight is 294 g/mol. The zero-order chi connectivity index (χ0) is 14.8. The molecule has 0 radical (unpaired) electrons. The number of anilines is 1. The highest BCUT2D eigenvalue weighted by Crippen LogP contribution is 2.09. The topological polar surface area (TPSA) is 105 Å². The van der Waals surface area contributed by atoms with Crippen LogP contribution in [0.25, 0.3) is 0 Å². The maximum Gasteiger partial charge on any atom is 0.258 e. The highest BCUT2D eigenvalue weighted by Gasteiger charge is 2.10. The molecule has 0 atom stereocenters. The Morgan fingerprint density at radius 2 is 1.95 bits per heavy atom. The van der Waals surface area contributed by atoms with Crippen LogP contribution in [-0.4, -0.2) is 35.8 Å². The first kappa shape index (κ1) is 14.2. The normalized spacial score (nSPS) is 11.3. The van der Waals surface area contributed by atoms with Crippen molar-refractivity contribution in [2.45, 2.75) is 12.7 Å². The van der Waals surface area contributed by atoms with Crippen LogP contribution in [0, 0.1) is 6.92 Å². The summed E-state index contributed by atoms with van der Waals surface area (Å²) >= 11 is 0. The number of hydrogen-bond donors (Lipinski definition) is 2. The molecule has 1 amide bonds. The minimum atomic E-state index is -3.08. The number of aromatic nitrogens is 3. The maximum absolute atomic E-state index is 11.9. The third-order valence-electron chi connectivity index (χ3n) is 2.47. The van der Waals surface area contributed by atoms with Gasteiger partial charge in [0.05, 0.1) is 5.75 Å². The van der Waals surface area contributed by atoms with Crippen LogP contribution in [0.4, 0.5) is 5.95 Å². The summed E-state index contributed by atoms with van der Waals surface area (Å²) in [6.45, 7) is 1.72. The first-order valence-electron chi connectivity index (χ1n) is 5.80. The van der Waals surface area contributed by atoms with Crippen molar-refractivity contribution in [3.05, 3.63) is 41.2 Å². The quantitative estimate of drug-likeness (QED) is 0.872. The van der Waals surface area contributed by atoms with Gasteiger partial charge in [-0.05, 0) is 24.6 Å². The van der Waals surface area contributed by atoms with Gasteiger partial charge >= 0.3 is 0 Å². The lowest BCUT2D eigenvalue weighted by atomic mass is 10.1.